The fraction of sp³-hybridized carbons (Fsp3) is 0.909. The number of nitrogens with two attached hydrogens (primary N) is 1. The second-order valence-electron chi connectivity index (χ2n) is 5.13. The number of carbonyl (C=O) groups excluding carboxylic acids is 1. The minimum atomic E-state index is -0.421. The lowest BCUT2D eigenvalue weighted by Gasteiger charge is -2.31. The van der Waals surface area contributed by atoms with E-state index in [9.17, 15) is 4.79 Å². The maximum Gasteiger partial charge on any atom is 0.240 e. The average Bonchev–Trinajstić information content (AvgIpc) is 2.42. The molecule has 1 aliphatic rings. The molecule has 0 radical (unpaired) electrons. The van der Waals surface area contributed by atoms with Gasteiger partial charge in [-0.2, -0.15) is 0 Å². The summed E-state index contributed by atoms with van der Waals surface area (Å²) in [5.74, 6) is 0.0491. The summed E-state index contributed by atoms with van der Waals surface area (Å²) in [4.78, 5) is 13.9. The zero-order chi connectivity index (χ0) is 11.5. The Morgan fingerprint density at radius 3 is 2.60 bits per heavy atom. The van der Waals surface area contributed by atoms with E-state index in [2.05, 4.69) is 0 Å². The predicted molar refractivity (Wildman–Crippen MR) is 59.4 cm³/mol. The Bertz CT molecular complexity index is 215. The van der Waals surface area contributed by atoms with E-state index in [-0.39, 0.29) is 11.3 Å². The first-order valence-corrected chi connectivity index (χ1v) is 5.55. The molecule has 0 aromatic carbocycles. The molecule has 1 atom stereocenters. The third-order valence-electron chi connectivity index (χ3n) is 2.73. The lowest BCUT2D eigenvalue weighted by Crippen LogP contribution is -2.51. The first kappa shape index (κ1) is 12.5. The van der Waals surface area contributed by atoms with Crippen molar-refractivity contribution < 1.29 is 9.53 Å². The van der Waals surface area contributed by atoms with Gasteiger partial charge in [0.1, 0.15) is 0 Å². The van der Waals surface area contributed by atoms with Gasteiger partial charge in [0, 0.05) is 19.7 Å². The van der Waals surface area contributed by atoms with E-state index in [0.29, 0.717) is 13.2 Å². The van der Waals surface area contributed by atoms with Crippen LogP contribution in [-0.2, 0) is 9.53 Å². The molecule has 1 saturated heterocycles. The number of amides is 1. The van der Waals surface area contributed by atoms with Crippen molar-refractivity contribution in [1.29, 1.82) is 0 Å². The molecule has 0 aromatic rings. The topological polar surface area (TPSA) is 55.6 Å². The fourth-order valence-electron chi connectivity index (χ4n) is 1.53. The largest absolute Gasteiger partial charge is 0.380 e. The van der Waals surface area contributed by atoms with Gasteiger partial charge in [0.25, 0.3) is 0 Å². The van der Waals surface area contributed by atoms with Crippen LogP contribution >= 0.6 is 0 Å². The normalized spacial score (nSPS) is 20.9. The van der Waals surface area contributed by atoms with Gasteiger partial charge in [0.05, 0.1) is 12.6 Å². The number of nitrogens with zero attached hydrogens (tertiary/aromatic N) is 1. The highest BCUT2D eigenvalue weighted by molar-refractivity contribution is 5.82. The summed E-state index contributed by atoms with van der Waals surface area (Å²) in [6.45, 7) is 8.78. The Morgan fingerprint density at radius 2 is 2.00 bits per heavy atom. The van der Waals surface area contributed by atoms with Crippen LogP contribution in [0.1, 0.15) is 27.2 Å². The Morgan fingerprint density at radius 1 is 1.33 bits per heavy atom. The van der Waals surface area contributed by atoms with Gasteiger partial charge in [-0.3, -0.25) is 4.79 Å². The van der Waals surface area contributed by atoms with Gasteiger partial charge < -0.3 is 15.4 Å². The van der Waals surface area contributed by atoms with Crippen LogP contribution in [0.3, 0.4) is 0 Å². The van der Waals surface area contributed by atoms with E-state index in [1.807, 2.05) is 25.7 Å². The standard InChI is InChI=1S/C11H22N2O2/c1-11(2,3)9(12)10(14)13-5-4-7-15-8-6-13/h9H,4-8,12H2,1-3H3/t9-/m0/s1. The third kappa shape index (κ3) is 3.47. The first-order chi connectivity index (χ1) is 6.93. The zero-order valence-electron chi connectivity index (χ0n) is 9.95. The maximum atomic E-state index is 12.0. The molecular weight excluding hydrogens is 192 g/mol. The Balaban J connectivity index is 2.58. The molecule has 4 nitrogen and oxygen atoms in total. The third-order valence-corrected chi connectivity index (χ3v) is 2.73. The van der Waals surface area contributed by atoms with Crippen molar-refractivity contribution in [3.63, 3.8) is 0 Å². The summed E-state index contributed by atoms with van der Waals surface area (Å²) < 4.78 is 5.31. The molecule has 88 valence electrons. The summed E-state index contributed by atoms with van der Waals surface area (Å²) in [6, 6.07) is -0.421. The van der Waals surface area contributed by atoms with Crippen LogP contribution in [0.4, 0.5) is 0 Å². The van der Waals surface area contributed by atoms with Crippen molar-refractivity contribution >= 4 is 5.91 Å². The molecule has 1 fully saturated rings. The monoisotopic (exact) mass is 214 g/mol. The molecule has 0 spiro atoms. The molecule has 0 unspecified atom stereocenters. The van der Waals surface area contributed by atoms with Crippen molar-refractivity contribution in [2.24, 2.45) is 11.1 Å². The van der Waals surface area contributed by atoms with E-state index in [1.54, 1.807) is 0 Å². The van der Waals surface area contributed by atoms with Gasteiger partial charge in [-0.15, -0.1) is 0 Å². The highest BCUT2D eigenvalue weighted by Crippen LogP contribution is 2.19. The average molecular weight is 214 g/mol. The van der Waals surface area contributed by atoms with Crippen LogP contribution in [0.2, 0.25) is 0 Å². The first-order valence-electron chi connectivity index (χ1n) is 5.55. The number of rotatable bonds is 1. The van der Waals surface area contributed by atoms with Gasteiger partial charge in [0.2, 0.25) is 5.91 Å². The minimum Gasteiger partial charge on any atom is -0.380 e. The van der Waals surface area contributed by atoms with Crippen LogP contribution in [0.15, 0.2) is 0 Å². The molecule has 4 heteroatoms. The Labute approximate surface area is 91.8 Å². The molecule has 0 saturated carbocycles. The number of ether oxygens (including phenoxy) is 1. The van der Waals surface area contributed by atoms with Gasteiger partial charge in [-0.1, -0.05) is 20.8 Å². The van der Waals surface area contributed by atoms with Gasteiger partial charge in [-0.05, 0) is 11.8 Å². The Hall–Kier alpha value is -0.610. The highest BCUT2D eigenvalue weighted by atomic mass is 16.5. The zero-order valence-corrected chi connectivity index (χ0v) is 9.95. The van der Waals surface area contributed by atoms with E-state index < -0.39 is 6.04 Å². The summed E-state index contributed by atoms with van der Waals surface area (Å²) in [6.07, 6.45) is 0.905. The molecule has 15 heavy (non-hydrogen) atoms. The predicted octanol–water partition coefficient (Wildman–Crippen LogP) is 0.609. The van der Waals surface area contributed by atoms with E-state index in [1.165, 1.54) is 0 Å². The smallest absolute Gasteiger partial charge is 0.240 e. The van der Waals surface area contributed by atoms with Gasteiger partial charge >= 0.3 is 0 Å². The molecule has 0 aromatic heterocycles. The lowest BCUT2D eigenvalue weighted by molar-refractivity contribution is -0.135. The van der Waals surface area contributed by atoms with Crippen molar-refractivity contribution in [2.45, 2.75) is 33.2 Å². The number of carbonyl (C=O) groups is 1. The second kappa shape index (κ2) is 4.94. The quantitative estimate of drug-likeness (QED) is 0.695. The van der Waals surface area contributed by atoms with Crippen LogP contribution in [-0.4, -0.2) is 43.2 Å². The Kier molecular flexibility index (Phi) is 4.11. The minimum absolute atomic E-state index is 0.0491. The van der Waals surface area contributed by atoms with Gasteiger partial charge in [-0.25, -0.2) is 0 Å². The number of hydrogen-bond acceptors (Lipinski definition) is 3. The molecule has 1 rings (SSSR count). The molecule has 1 heterocycles. The second-order valence-corrected chi connectivity index (χ2v) is 5.13. The summed E-state index contributed by atoms with van der Waals surface area (Å²) >= 11 is 0. The van der Waals surface area contributed by atoms with Gasteiger partial charge in [0.15, 0.2) is 0 Å². The fourth-order valence-corrected chi connectivity index (χ4v) is 1.53. The SMILES string of the molecule is CC(C)(C)[C@@H](N)C(=O)N1CCCOCC1. The number of hydrogen-bond donors (Lipinski definition) is 1. The summed E-state index contributed by atoms with van der Waals surface area (Å²) in [5, 5.41) is 0. The summed E-state index contributed by atoms with van der Waals surface area (Å²) in [7, 11) is 0. The van der Waals surface area contributed by atoms with E-state index in [4.69, 9.17) is 10.5 Å². The molecule has 1 amide bonds. The van der Waals surface area contributed by atoms with Crippen molar-refractivity contribution in [3.8, 4) is 0 Å². The molecule has 0 aliphatic carbocycles. The lowest BCUT2D eigenvalue weighted by atomic mass is 9.86. The molecule has 0 bridgehead atoms. The van der Waals surface area contributed by atoms with Crippen molar-refractivity contribution in [2.75, 3.05) is 26.3 Å². The highest BCUT2D eigenvalue weighted by Gasteiger charge is 2.31. The van der Waals surface area contributed by atoms with Crippen LogP contribution < -0.4 is 5.73 Å². The van der Waals surface area contributed by atoms with Crippen LogP contribution in [0.25, 0.3) is 0 Å². The molecule has 1 aliphatic heterocycles. The van der Waals surface area contributed by atoms with E-state index >= 15 is 0 Å². The van der Waals surface area contributed by atoms with Crippen LogP contribution in [0, 0.1) is 5.41 Å². The van der Waals surface area contributed by atoms with Crippen molar-refractivity contribution in [3.05, 3.63) is 0 Å². The van der Waals surface area contributed by atoms with Crippen molar-refractivity contribution in [1.82, 2.24) is 4.90 Å². The molecule has 2 N–H and O–H groups in total. The van der Waals surface area contributed by atoms with Crippen LogP contribution in [0.5, 0.6) is 0 Å². The maximum absolute atomic E-state index is 12.0. The van der Waals surface area contributed by atoms with E-state index in [0.717, 1.165) is 19.6 Å². The summed E-state index contributed by atoms with van der Waals surface area (Å²) in [5.41, 5.74) is 5.77. The molecular formula is C11H22N2O2.